The lowest BCUT2D eigenvalue weighted by molar-refractivity contribution is 0.298. The highest BCUT2D eigenvalue weighted by Gasteiger charge is 2.10. The summed E-state index contributed by atoms with van der Waals surface area (Å²) in [5.41, 5.74) is 0. The zero-order valence-corrected chi connectivity index (χ0v) is 8.44. The molecule has 4 heteroatoms. The van der Waals surface area contributed by atoms with Crippen LogP contribution >= 0.6 is 0 Å². The topological polar surface area (TPSA) is 36.4 Å². The van der Waals surface area contributed by atoms with E-state index in [0.29, 0.717) is 12.4 Å². The molecule has 14 heavy (non-hydrogen) atoms. The second-order valence-corrected chi connectivity index (χ2v) is 3.35. The lowest BCUT2D eigenvalue weighted by Gasteiger charge is -2.26. The van der Waals surface area contributed by atoms with Gasteiger partial charge >= 0.3 is 0 Å². The van der Waals surface area contributed by atoms with E-state index in [0.717, 1.165) is 0 Å². The standard InChI is InChI=1S/C10H15FN2O/c1-8(2)13(5-6-14)10-4-3-9(11)7-12-10/h3-4,7-8,14H,5-6H2,1-2H3. The minimum atomic E-state index is -0.346. The van der Waals surface area contributed by atoms with Gasteiger partial charge in [0.2, 0.25) is 0 Å². The zero-order valence-electron chi connectivity index (χ0n) is 8.44. The van der Waals surface area contributed by atoms with Crippen LogP contribution in [0, 0.1) is 5.82 Å². The number of hydrogen-bond donors (Lipinski definition) is 1. The Morgan fingerprint density at radius 3 is 2.64 bits per heavy atom. The molecule has 1 rings (SSSR count). The molecule has 1 aromatic heterocycles. The average Bonchev–Trinajstić information content (AvgIpc) is 2.15. The normalized spacial score (nSPS) is 10.6. The molecule has 0 radical (unpaired) electrons. The third-order valence-electron chi connectivity index (χ3n) is 1.97. The maximum atomic E-state index is 12.6. The molecule has 0 aliphatic carbocycles. The molecule has 0 aliphatic heterocycles. The van der Waals surface area contributed by atoms with Gasteiger partial charge in [-0.05, 0) is 26.0 Å². The second-order valence-electron chi connectivity index (χ2n) is 3.35. The molecule has 0 fully saturated rings. The Labute approximate surface area is 83.2 Å². The summed E-state index contributed by atoms with van der Waals surface area (Å²) < 4.78 is 12.6. The molecule has 0 aromatic carbocycles. The minimum absolute atomic E-state index is 0.0667. The summed E-state index contributed by atoms with van der Waals surface area (Å²) in [5.74, 6) is 0.344. The fourth-order valence-corrected chi connectivity index (χ4v) is 1.28. The number of aliphatic hydroxyl groups is 1. The second kappa shape index (κ2) is 4.91. The van der Waals surface area contributed by atoms with Crippen LogP contribution in [0.15, 0.2) is 18.3 Å². The highest BCUT2D eigenvalue weighted by molar-refractivity contribution is 5.38. The monoisotopic (exact) mass is 198 g/mol. The van der Waals surface area contributed by atoms with Gasteiger partial charge in [-0.25, -0.2) is 9.37 Å². The Hall–Kier alpha value is -1.16. The lowest BCUT2D eigenvalue weighted by atomic mass is 10.3. The van der Waals surface area contributed by atoms with Gasteiger partial charge in [0, 0.05) is 12.6 Å². The third kappa shape index (κ3) is 2.67. The van der Waals surface area contributed by atoms with Crippen molar-refractivity contribution in [3.63, 3.8) is 0 Å². The van der Waals surface area contributed by atoms with Crippen LogP contribution in [0.2, 0.25) is 0 Å². The predicted molar refractivity (Wildman–Crippen MR) is 53.8 cm³/mol. The smallest absolute Gasteiger partial charge is 0.141 e. The van der Waals surface area contributed by atoms with Crippen molar-refractivity contribution in [2.24, 2.45) is 0 Å². The van der Waals surface area contributed by atoms with E-state index in [9.17, 15) is 4.39 Å². The van der Waals surface area contributed by atoms with Gasteiger partial charge in [0.15, 0.2) is 0 Å². The van der Waals surface area contributed by atoms with E-state index in [2.05, 4.69) is 4.98 Å². The van der Waals surface area contributed by atoms with E-state index in [1.165, 1.54) is 12.3 Å². The minimum Gasteiger partial charge on any atom is -0.395 e. The van der Waals surface area contributed by atoms with E-state index in [1.54, 1.807) is 6.07 Å². The van der Waals surface area contributed by atoms with Gasteiger partial charge in [0.25, 0.3) is 0 Å². The van der Waals surface area contributed by atoms with Crippen LogP contribution in [0.25, 0.3) is 0 Å². The van der Waals surface area contributed by atoms with Gasteiger partial charge < -0.3 is 10.0 Å². The van der Waals surface area contributed by atoms with E-state index >= 15 is 0 Å². The van der Waals surface area contributed by atoms with Crippen molar-refractivity contribution in [2.75, 3.05) is 18.1 Å². The molecule has 3 nitrogen and oxygen atoms in total. The SMILES string of the molecule is CC(C)N(CCO)c1ccc(F)cn1. The Balaban J connectivity index is 2.82. The average molecular weight is 198 g/mol. The molecule has 0 amide bonds. The number of rotatable bonds is 4. The number of nitrogens with zero attached hydrogens (tertiary/aromatic N) is 2. The molecule has 0 saturated carbocycles. The Kier molecular flexibility index (Phi) is 3.83. The Bertz CT molecular complexity index is 274. The van der Waals surface area contributed by atoms with Gasteiger partial charge in [-0.2, -0.15) is 0 Å². The fraction of sp³-hybridized carbons (Fsp3) is 0.500. The van der Waals surface area contributed by atoms with E-state index < -0.39 is 0 Å². The van der Waals surface area contributed by atoms with Crippen molar-refractivity contribution in [3.8, 4) is 0 Å². The molecule has 78 valence electrons. The van der Waals surface area contributed by atoms with Crippen molar-refractivity contribution in [2.45, 2.75) is 19.9 Å². The number of anilines is 1. The van der Waals surface area contributed by atoms with Crippen LogP contribution in [-0.4, -0.2) is 29.3 Å². The highest BCUT2D eigenvalue weighted by atomic mass is 19.1. The third-order valence-corrected chi connectivity index (χ3v) is 1.97. The quantitative estimate of drug-likeness (QED) is 0.795. The molecule has 0 saturated heterocycles. The highest BCUT2D eigenvalue weighted by Crippen LogP contribution is 2.13. The van der Waals surface area contributed by atoms with Crippen molar-refractivity contribution in [1.29, 1.82) is 0 Å². The molecule has 0 atom stereocenters. The molecule has 1 aromatic rings. The van der Waals surface area contributed by atoms with Gasteiger partial charge in [-0.1, -0.05) is 0 Å². The number of aliphatic hydroxyl groups excluding tert-OH is 1. The first-order valence-electron chi connectivity index (χ1n) is 4.64. The van der Waals surface area contributed by atoms with Crippen molar-refractivity contribution in [3.05, 3.63) is 24.1 Å². The van der Waals surface area contributed by atoms with E-state index in [4.69, 9.17) is 5.11 Å². The van der Waals surface area contributed by atoms with Crippen LogP contribution in [0.4, 0.5) is 10.2 Å². The predicted octanol–water partition coefficient (Wildman–Crippen LogP) is 1.43. The first-order valence-corrected chi connectivity index (χ1v) is 4.64. The van der Waals surface area contributed by atoms with Crippen LogP contribution < -0.4 is 4.90 Å². The van der Waals surface area contributed by atoms with Gasteiger partial charge in [-0.3, -0.25) is 0 Å². The van der Waals surface area contributed by atoms with Crippen LogP contribution in [0.3, 0.4) is 0 Å². The molecular weight excluding hydrogens is 183 g/mol. The van der Waals surface area contributed by atoms with Crippen LogP contribution in [0.1, 0.15) is 13.8 Å². The number of hydrogen-bond acceptors (Lipinski definition) is 3. The van der Waals surface area contributed by atoms with Crippen LogP contribution in [0.5, 0.6) is 0 Å². The summed E-state index contributed by atoms with van der Waals surface area (Å²) >= 11 is 0. The maximum absolute atomic E-state index is 12.6. The van der Waals surface area contributed by atoms with Crippen LogP contribution in [-0.2, 0) is 0 Å². The molecule has 1 heterocycles. The summed E-state index contributed by atoms with van der Waals surface area (Å²) in [6.07, 6.45) is 1.18. The zero-order chi connectivity index (χ0) is 10.6. The summed E-state index contributed by atoms with van der Waals surface area (Å²) in [5, 5.41) is 8.86. The number of aromatic nitrogens is 1. The van der Waals surface area contributed by atoms with Crippen molar-refractivity contribution >= 4 is 5.82 Å². The first-order chi connectivity index (χ1) is 6.65. The molecule has 0 aliphatic rings. The van der Waals surface area contributed by atoms with Crippen molar-refractivity contribution < 1.29 is 9.50 Å². The fourth-order valence-electron chi connectivity index (χ4n) is 1.28. The van der Waals surface area contributed by atoms with Crippen molar-refractivity contribution in [1.82, 2.24) is 4.98 Å². The molecule has 0 bridgehead atoms. The molecule has 1 N–H and O–H groups in total. The maximum Gasteiger partial charge on any atom is 0.141 e. The largest absolute Gasteiger partial charge is 0.395 e. The number of halogens is 1. The first kappa shape index (κ1) is 10.9. The lowest BCUT2D eigenvalue weighted by Crippen LogP contribution is -2.34. The van der Waals surface area contributed by atoms with E-state index in [-0.39, 0.29) is 18.5 Å². The van der Waals surface area contributed by atoms with Gasteiger partial charge in [-0.15, -0.1) is 0 Å². The molecule has 0 unspecified atom stereocenters. The summed E-state index contributed by atoms with van der Waals surface area (Å²) in [6.45, 7) is 4.58. The summed E-state index contributed by atoms with van der Waals surface area (Å²) in [4.78, 5) is 5.87. The summed E-state index contributed by atoms with van der Waals surface area (Å²) in [7, 11) is 0. The van der Waals surface area contributed by atoms with Gasteiger partial charge in [0.1, 0.15) is 11.6 Å². The molecule has 0 spiro atoms. The molecular formula is C10H15FN2O. The Morgan fingerprint density at radius 2 is 2.21 bits per heavy atom. The van der Waals surface area contributed by atoms with E-state index in [1.807, 2.05) is 18.7 Å². The number of pyridine rings is 1. The summed E-state index contributed by atoms with van der Waals surface area (Å²) in [6, 6.07) is 3.22. The Morgan fingerprint density at radius 1 is 1.50 bits per heavy atom. The van der Waals surface area contributed by atoms with Gasteiger partial charge in [0.05, 0.1) is 12.8 Å².